The SMILES string of the molecule is CC[C@@H]1c2nncn2-c2cnc(Nc3ccc(C(=O)O)cc3OC)nc2N1C1CCCC1. The van der Waals surface area contributed by atoms with E-state index >= 15 is 0 Å². The van der Waals surface area contributed by atoms with Crippen LogP contribution in [0.15, 0.2) is 30.7 Å². The molecule has 1 saturated carbocycles. The second-order valence-corrected chi connectivity index (χ2v) is 8.08. The number of carboxylic acid groups (broad SMARTS) is 1. The van der Waals surface area contributed by atoms with Gasteiger partial charge in [-0.2, -0.15) is 4.98 Å². The number of benzene rings is 1. The molecule has 2 aliphatic rings. The van der Waals surface area contributed by atoms with Crippen LogP contribution in [0.2, 0.25) is 0 Å². The molecule has 0 amide bonds. The first-order chi connectivity index (χ1) is 15.6. The molecule has 0 spiro atoms. The molecular formula is C22H25N7O3. The Kier molecular flexibility index (Phi) is 5.12. The number of nitrogens with zero attached hydrogens (tertiary/aromatic N) is 6. The average Bonchev–Trinajstić information content (AvgIpc) is 3.50. The molecule has 0 radical (unpaired) electrons. The molecule has 1 aromatic carbocycles. The van der Waals surface area contributed by atoms with Crippen LogP contribution in [0, 0.1) is 0 Å². The van der Waals surface area contributed by atoms with Gasteiger partial charge in [-0.15, -0.1) is 10.2 Å². The number of rotatable bonds is 6. The summed E-state index contributed by atoms with van der Waals surface area (Å²) < 4.78 is 7.35. The number of hydrogen-bond acceptors (Lipinski definition) is 8. The van der Waals surface area contributed by atoms with Crippen LogP contribution in [0.5, 0.6) is 5.75 Å². The molecule has 2 N–H and O–H groups in total. The highest BCUT2D eigenvalue weighted by molar-refractivity contribution is 5.89. The lowest BCUT2D eigenvalue weighted by atomic mass is 10.0. The van der Waals surface area contributed by atoms with E-state index in [0.29, 0.717) is 23.4 Å². The lowest BCUT2D eigenvalue weighted by molar-refractivity contribution is 0.0696. The molecule has 10 heteroatoms. The largest absolute Gasteiger partial charge is 0.495 e. The minimum absolute atomic E-state index is 0.0974. The number of hydrogen-bond donors (Lipinski definition) is 2. The van der Waals surface area contributed by atoms with Gasteiger partial charge in [0.15, 0.2) is 11.6 Å². The summed E-state index contributed by atoms with van der Waals surface area (Å²) in [6, 6.07) is 5.15. The fourth-order valence-corrected chi connectivity index (χ4v) is 4.75. The molecule has 3 aromatic rings. The Morgan fingerprint density at radius 2 is 2.12 bits per heavy atom. The van der Waals surface area contributed by atoms with Gasteiger partial charge in [-0.05, 0) is 37.5 Å². The van der Waals surface area contributed by atoms with Crippen molar-refractivity contribution in [3.63, 3.8) is 0 Å². The van der Waals surface area contributed by atoms with Crippen molar-refractivity contribution in [3.8, 4) is 11.4 Å². The molecule has 1 aliphatic heterocycles. The predicted octanol–water partition coefficient (Wildman–Crippen LogP) is 3.72. The van der Waals surface area contributed by atoms with E-state index in [-0.39, 0.29) is 11.6 Å². The molecule has 32 heavy (non-hydrogen) atoms. The van der Waals surface area contributed by atoms with Crippen molar-refractivity contribution in [3.05, 3.63) is 42.1 Å². The highest BCUT2D eigenvalue weighted by Gasteiger charge is 2.38. The second kappa shape index (κ2) is 8.10. The van der Waals surface area contributed by atoms with Gasteiger partial charge in [0.25, 0.3) is 0 Å². The van der Waals surface area contributed by atoms with Crippen LogP contribution in [0.3, 0.4) is 0 Å². The Morgan fingerprint density at radius 1 is 1.31 bits per heavy atom. The van der Waals surface area contributed by atoms with Crippen LogP contribution in [-0.2, 0) is 0 Å². The van der Waals surface area contributed by atoms with Gasteiger partial charge in [0.1, 0.15) is 17.8 Å². The molecule has 2 aromatic heterocycles. The molecule has 0 unspecified atom stereocenters. The third-order valence-corrected chi connectivity index (χ3v) is 6.26. The Morgan fingerprint density at radius 3 is 2.84 bits per heavy atom. The van der Waals surface area contributed by atoms with Gasteiger partial charge in [-0.1, -0.05) is 19.8 Å². The number of fused-ring (bicyclic) bond motifs is 3. The van der Waals surface area contributed by atoms with Crippen molar-refractivity contribution in [2.75, 3.05) is 17.3 Å². The number of carboxylic acids is 1. The maximum atomic E-state index is 11.3. The molecule has 166 valence electrons. The lowest BCUT2D eigenvalue weighted by Gasteiger charge is -2.40. The van der Waals surface area contributed by atoms with E-state index in [1.807, 2.05) is 4.57 Å². The first-order valence-electron chi connectivity index (χ1n) is 10.8. The minimum Gasteiger partial charge on any atom is -0.495 e. The summed E-state index contributed by atoms with van der Waals surface area (Å²) in [7, 11) is 1.50. The van der Waals surface area contributed by atoms with Gasteiger partial charge in [0.2, 0.25) is 5.95 Å². The molecule has 1 aliphatic carbocycles. The Hall–Kier alpha value is -3.69. The molecule has 0 saturated heterocycles. The van der Waals surface area contributed by atoms with E-state index in [4.69, 9.17) is 9.72 Å². The van der Waals surface area contributed by atoms with Crippen LogP contribution in [0.1, 0.15) is 61.3 Å². The van der Waals surface area contributed by atoms with Crippen LogP contribution in [0.4, 0.5) is 17.5 Å². The van der Waals surface area contributed by atoms with E-state index < -0.39 is 5.97 Å². The first-order valence-corrected chi connectivity index (χ1v) is 10.8. The van der Waals surface area contributed by atoms with E-state index in [0.717, 1.165) is 36.6 Å². The molecular weight excluding hydrogens is 410 g/mol. The van der Waals surface area contributed by atoms with E-state index in [9.17, 15) is 9.90 Å². The predicted molar refractivity (Wildman–Crippen MR) is 118 cm³/mol. The van der Waals surface area contributed by atoms with E-state index in [1.165, 1.54) is 32.1 Å². The van der Waals surface area contributed by atoms with Crippen LogP contribution >= 0.6 is 0 Å². The third-order valence-electron chi connectivity index (χ3n) is 6.26. The molecule has 1 atom stereocenters. The summed E-state index contributed by atoms with van der Waals surface area (Å²) in [4.78, 5) is 23.1. The van der Waals surface area contributed by atoms with Crippen molar-refractivity contribution in [2.24, 2.45) is 0 Å². The van der Waals surface area contributed by atoms with Gasteiger partial charge >= 0.3 is 5.97 Å². The summed E-state index contributed by atoms with van der Waals surface area (Å²) in [5, 5.41) is 21.0. The zero-order valence-electron chi connectivity index (χ0n) is 18.0. The summed E-state index contributed by atoms with van der Waals surface area (Å²) in [6.45, 7) is 2.16. The van der Waals surface area contributed by atoms with Crippen LogP contribution < -0.4 is 15.0 Å². The second-order valence-electron chi connectivity index (χ2n) is 8.08. The number of anilines is 3. The van der Waals surface area contributed by atoms with Gasteiger partial charge in [0, 0.05) is 6.04 Å². The number of carbonyl (C=O) groups is 1. The fraction of sp³-hybridized carbons (Fsp3) is 0.409. The fourth-order valence-electron chi connectivity index (χ4n) is 4.75. The van der Waals surface area contributed by atoms with Gasteiger partial charge in [-0.3, -0.25) is 4.57 Å². The zero-order valence-corrected chi connectivity index (χ0v) is 18.0. The normalized spacial score (nSPS) is 17.7. The number of aromatic carboxylic acids is 1. The van der Waals surface area contributed by atoms with E-state index in [2.05, 4.69) is 32.3 Å². The Balaban J connectivity index is 1.56. The lowest BCUT2D eigenvalue weighted by Crippen LogP contribution is -2.42. The minimum atomic E-state index is -1.01. The maximum absolute atomic E-state index is 11.3. The molecule has 0 bridgehead atoms. The van der Waals surface area contributed by atoms with Crippen molar-refractivity contribution in [2.45, 2.75) is 51.1 Å². The standard InChI is InChI=1S/C22H25N7O3/c1-3-16-20-27-24-12-28(20)17-11-23-22(26-19(17)29(16)14-6-4-5-7-14)25-15-9-8-13(21(30)31)10-18(15)32-2/h8-12,14,16H,3-7H2,1-2H3,(H,30,31)(H,23,25,26)/t16-/m1/s1. The topological polar surface area (TPSA) is 118 Å². The molecule has 5 rings (SSSR count). The van der Waals surface area contributed by atoms with Crippen molar-refractivity contribution in [1.29, 1.82) is 0 Å². The Labute approximate surface area is 185 Å². The van der Waals surface area contributed by atoms with Gasteiger partial charge in [-0.25, -0.2) is 9.78 Å². The third kappa shape index (κ3) is 3.31. The zero-order chi connectivity index (χ0) is 22.2. The van der Waals surface area contributed by atoms with Crippen LogP contribution in [-0.4, -0.2) is 49.0 Å². The highest BCUT2D eigenvalue weighted by atomic mass is 16.5. The molecule has 3 heterocycles. The number of ether oxygens (including phenoxy) is 1. The summed E-state index contributed by atoms with van der Waals surface area (Å²) in [6.07, 6.45) is 9.07. The van der Waals surface area contributed by atoms with Crippen molar-refractivity contribution >= 4 is 23.4 Å². The van der Waals surface area contributed by atoms with Crippen molar-refractivity contribution in [1.82, 2.24) is 24.7 Å². The number of aromatic nitrogens is 5. The summed E-state index contributed by atoms with van der Waals surface area (Å²) >= 11 is 0. The van der Waals surface area contributed by atoms with Gasteiger partial charge in [0.05, 0.1) is 30.6 Å². The summed E-state index contributed by atoms with van der Waals surface area (Å²) in [5.74, 6) is 1.59. The summed E-state index contributed by atoms with van der Waals surface area (Å²) in [5.41, 5.74) is 1.61. The first kappa shape index (κ1) is 20.2. The number of methoxy groups -OCH3 is 1. The quantitative estimate of drug-likeness (QED) is 0.597. The van der Waals surface area contributed by atoms with Crippen molar-refractivity contribution < 1.29 is 14.6 Å². The van der Waals surface area contributed by atoms with Gasteiger partial charge < -0.3 is 20.1 Å². The molecule has 1 fully saturated rings. The maximum Gasteiger partial charge on any atom is 0.335 e. The Bertz CT molecular complexity index is 1160. The molecule has 10 nitrogen and oxygen atoms in total. The average molecular weight is 435 g/mol. The monoisotopic (exact) mass is 435 g/mol. The van der Waals surface area contributed by atoms with E-state index in [1.54, 1.807) is 18.6 Å². The smallest absolute Gasteiger partial charge is 0.335 e. The highest BCUT2D eigenvalue weighted by Crippen LogP contribution is 2.43. The van der Waals surface area contributed by atoms with Crippen LogP contribution in [0.25, 0.3) is 5.69 Å². The number of nitrogens with one attached hydrogen (secondary N) is 1.